The molecule has 0 unspecified atom stereocenters. The maximum absolute atomic E-state index is 13.8. The van der Waals surface area contributed by atoms with Crippen LogP contribution in [0.4, 0.5) is 5.69 Å². The summed E-state index contributed by atoms with van der Waals surface area (Å²) in [4.78, 5) is 0.258. The number of anilines is 1. The number of rotatable bonds is 7. The summed E-state index contributed by atoms with van der Waals surface area (Å²) in [6.07, 6.45) is 3.34. The molecule has 3 rings (SSSR count). The van der Waals surface area contributed by atoms with Crippen LogP contribution in [0.5, 0.6) is 0 Å². The summed E-state index contributed by atoms with van der Waals surface area (Å²) < 4.78 is 30.8. The van der Waals surface area contributed by atoms with Gasteiger partial charge in [-0.1, -0.05) is 70.5 Å². The van der Waals surface area contributed by atoms with Crippen LogP contribution >= 0.6 is 0 Å². The summed E-state index contributed by atoms with van der Waals surface area (Å²) in [5.41, 5.74) is 1.65. The zero-order valence-corrected chi connectivity index (χ0v) is 18.4. The fourth-order valence-corrected chi connectivity index (χ4v) is 5.01. The highest BCUT2D eigenvalue weighted by Crippen LogP contribution is 2.32. The Kier molecular flexibility index (Phi) is 6.13. The molecule has 0 saturated carbocycles. The Morgan fingerprint density at radius 1 is 0.966 bits per heavy atom. The molecule has 5 nitrogen and oxygen atoms in total. The van der Waals surface area contributed by atoms with Crippen molar-refractivity contribution in [2.24, 2.45) is 0 Å². The van der Waals surface area contributed by atoms with Gasteiger partial charge in [0.1, 0.15) is 4.90 Å². The van der Waals surface area contributed by atoms with Crippen LogP contribution in [0.3, 0.4) is 0 Å². The van der Waals surface area contributed by atoms with Crippen molar-refractivity contribution in [3.05, 3.63) is 72.6 Å². The Labute approximate surface area is 174 Å². The normalized spacial score (nSPS) is 12.1. The molecule has 0 fully saturated rings. The third-order valence-corrected chi connectivity index (χ3v) is 6.57. The highest BCUT2D eigenvalue weighted by atomic mass is 32.2. The lowest BCUT2D eigenvalue weighted by Crippen LogP contribution is -2.33. The summed E-state index contributed by atoms with van der Waals surface area (Å²) in [5.74, 6) is 0. The predicted octanol–water partition coefficient (Wildman–Crippen LogP) is 5.17. The summed E-state index contributed by atoms with van der Waals surface area (Å²) in [5, 5.41) is 4.69. The van der Waals surface area contributed by atoms with Gasteiger partial charge in [0.05, 0.1) is 23.3 Å². The van der Waals surface area contributed by atoms with E-state index in [1.807, 2.05) is 81.4 Å². The largest absolute Gasteiger partial charge is 0.267 e. The van der Waals surface area contributed by atoms with E-state index in [9.17, 15) is 8.42 Å². The Morgan fingerprint density at radius 2 is 1.55 bits per heavy atom. The van der Waals surface area contributed by atoms with Crippen LogP contribution in [0.15, 0.2) is 71.8 Å². The number of hydrogen-bond acceptors (Lipinski definition) is 3. The lowest BCUT2D eigenvalue weighted by Gasteiger charge is -2.26. The van der Waals surface area contributed by atoms with Crippen LogP contribution in [-0.2, 0) is 15.4 Å². The lowest BCUT2D eigenvalue weighted by molar-refractivity contribution is 0.541. The molecule has 0 radical (unpaired) electrons. The highest BCUT2D eigenvalue weighted by Gasteiger charge is 2.34. The van der Waals surface area contributed by atoms with Gasteiger partial charge in [0, 0.05) is 12.0 Å². The molecular weight excluding hydrogens is 382 g/mol. The Morgan fingerprint density at radius 3 is 2.10 bits per heavy atom. The molecule has 0 aliphatic heterocycles. The molecule has 29 heavy (non-hydrogen) atoms. The van der Waals surface area contributed by atoms with Crippen LogP contribution in [0.25, 0.3) is 5.69 Å². The molecule has 0 amide bonds. The summed E-state index contributed by atoms with van der Waals surface area (Å²) >= 11 is 0. The van der Waals surface area contributed by atoms with Crippen molar-refractivity contribution >= 4 is 15.7 Å². The second-order valence-corrected chi connectivity index (χ2v) is 9.97. The molecule has 6 heteroatoms. The van der Waals surface area contributed by atoms with Crippen LogP contribution in [0.2, 0.25) is 0 Å². The summed E-state index contributed by atoms with van der Waals surface area (Å²) in [6, 6.07) is 18.9. The van der Waals surface area contributed by atoms with E-state index in [2.05, 4.69) is 12.0 Å². The van der Waals surface area contributed by atoms with Gasteiger partial charge in [0.15, 0.2) is 0 Å². The van der Waals surface area contributed by atoms with E-state index < -0.39 is 15.4 Å². The fourth-order valence-electron chi connectivity index (χ4n) is 3.18. The second-order valence-electron chi connectivity index (χ2n) is 8.14. The first-order valence-corrected chi connectivity index (χ1v) is 11.4. The second kappa shape index (κ2) is 8.41. The zero-order chi connectivity index (χ0) is 21.1. The SMILES string of the molecule is CCCCN(c1ccccc1)S(=O)(=O)c1cn(-c2ccccc2)nc1C(C)(C)C. The smallest absolute Gasteiger partial charge is 0.266 e. The molecule has 0 aliphatic rings. The fraction of sp³-hybridized carbons (Fsp3) is 0.348. The Bertz CT molecular complexity index is 1040. The highest BCUT2D eigenvalue weighted by molar-refractivity contribution is 7.92. The molecule has 0 N–H and O–H groups in total. The average Bonchev–Trinajstić information content (AvgIpc) is 3.17. The predicted molar refractivity (Wildman–Crippen MR) is 118 cm³/mol. The molecule has 0 spiro atoms. The van der Waals surface area contributed by atoms with E-state index in [0.29, 0.717) is 17.9 Å². The quantitative estimate of drug-likeness (QED) is 0.539. The maximum Gasteiger partial charge on any atom is 0.267 e. The number of para-hydroxylation sites is 2. The van der Waals surface area contributed by atoms with E-state index >= 15 is 0 Å². The zero-order valence-electron chi connectivity index (χ0n) is 17.5. The molecule has 0 atom stereocenters. The summed E-state index contributed by atoms with van der Waals surface area (Å²) in [6.45, 7) is 8.46. The molecule has 0 saturated heterocycles. The van der Waals surface area contributed by atoms with Gasteiger partial charge in [-0.25, -0.2) is 13.1 Å². The van der Waals surface area contributed by atoms with Gasteiger partial charge in [-0.15, -0.1) is 0 Å². The Balaban J connectivity index is 2.16. The van der Waals surface area contributed by atoms with Crippen molar-refractivity contribution in [2.75, 3.05) is 10.8 Å². The first-order valence-electron chi connectivity index (χ1n) is 9.98. The van der Waals surface area contributed by atoms with Gasteiger partial charge in [-0.05, 0) is 30.7 Å². The van der Waals surface area contributed by atoms with Crippen molar-refractivity contribution in [3.63, 3.8) is 0 Å². The standard InChI is InChI=1S/C23H29N3O2S/c1-5-6-17-26(20-15-11-8-12-16-20)29(27,28)21-18-25(19-13-9-7-10-14-19)24-22(21)23(2,3)4/h7-16,18H,5-6,17H2,1-4H3. The van der Waals surface area contributed by atoms with Crippen molar-refractivity contribution < 1.29 is 8.42 Å². The molecular formula is C23H29N3O2S. The lowest BCUT2D eigenvalue weighted by atomic mass is 9.92. The molecule has 0 aliphatic carbocycles. The first-order chi connectivity index (χ1) is 13.7. The minimum Gasteiger partial charge on any atom is -0.266 e. The number of benzene rings is 2. The van der Waals surface area contributed by atoms with E-state index in [-0.39, 0.29) is 4.90 Å². The number of unbranched alkanes of at least 4 members (excludes halogenated alkanes) is 1. The van der Waals surface area contributed by atoms with Gasteiger partial charge in [0.25, 0.3) is 10.0 Å². The van der Waals surface area contributed by atoms with Gasteiger partial charge < -0.3 is 0 Å². The molecule has 0 bridgehead atoms. The molecule has 154 valence electrons. The number of nitrogens with zero attached hydrogens (tertiary/aromatic N) is 3. The van der Waals surface area contributed by atoms with E-state index in [4.69, 9.17) is 0 Å². The van der Waals surface area contributed by atoms with Crippen LogP contribution in [-0.4, -0.2) is 24.7 Å². The monoisotopic (exact) mass is 411 g/mol. The van der Waals surface area contributed by atoms with E-state index in [1.165, 1.54) is 4.31 Å². The van der Waals surface area contributed by atoms with Crippen LogP contribution in [0.1, 0.15) is 46.2 Å². The minimum absolute atomic E-state index is 0.258. The first kappa shape index (κ1) is 21.1. The van der Waals surface area contributed by atoms with Crippen LogP contribution < -0.4 is 4.31 Å². The Hall–Kier alpha value is -2.60. The van der Waals surface area contributed by atoms with Crippen molar-refractivity contribution in [3.8, 4) is 5.69 Å². The maximum atomic E-state index is 13.8. The average molecular weight is 412 g/mol. The van der Waals surface area contributed by atoms with Crippen LogP contribution in [0, 0.1) is 0 Å². The number of aromatic nitrogens is 2. The third kappa shape index (κ3) is 4.53. The third-order valence-electron chi connectivity index (χ3n) is 4.74. The van der Waals surface area contributed by atoms with Gasteiger partial charge in [0.2, 0.25) is 0 Å². The van der Waals surface area contributed by atoms with Crippen molar-refractivity contribution in [1.82, 2.24) is 9.78 Å². The van der Waals surface area contributed by atoms with Crippen molar-refractivity contribution in [2.45, 2.75) is 50.8 Å². The topological polar surface area (TPSA) is 55.2 Å². The molecule has 3 aromatic rings. The van der Waals surface area contributed by atoms with Gasteiger partial charge >= 0.3 is 0 Å². The number of sulfonamides is 1. The molecule has 2 aromatic carbocycles. The van der Waals surface area contributed by atoms with E-state index in [1.54, 1.807) is 10.9 Å². The van der Waals surface area contributed by atoms with Gasteiger partial charge in [-0.3, -0.25) is 4.31 Å². The van der Waals surface area contributed by atoms with Crippen molar-refractivity contribution in [1.29, 1.82) is 0 Å². The molecule has 1 aromatic heterocycles. The molecule has 1 heterocycles. The number of hydrogen-bond donors (Lipinski definition) is 0. The summed E-state index contributed by atoms with van der Waals surface area (Å²) in [7, 11) is -3.78. The minimum atomic E-state index is -3.78. The van der Waals surface area contributed by atoms with Gasteiger partial charge in [-0.2, -0.15) is 5.10 Å². The van der Waals surface area contributed by atoms with E-state index in [0.717, 1.165) is 18.5 Å².